The molecule has 0 unspecified atom stereocenters. The summed E-state index contributed by atoms with van der Waals surface area (Å²) in [4.78, 5) is 16.5. The van der Waals surface area contributed by atoms with Gasteiger partial charge in [-0.25, -0.2) is 4.98 Å². The zero-order valence-corrected chi connectivity index (χ0v) is 7.19. The number of aromatic nitrogens is 2. The first-order valence-corrected chi connectivity index (χ1v) is 3.57. The van der Waals surface area contributed by atoms with E-state index in [9.17, 15) is 4.79 Å². The fourth-order valence-corrected chi connectivity index (χ4v) is 0.953. The predicted molar refractivity (Wildman–Crippen MR) is 44.4 cm³/mol. The molecule has 0 bridgehead atoms. The molecule has 0 aliphatic carbocycles. The summed E-state index contributed by atoms with van der Waals surface area (Å²) in [6.45, 7) is 0.609. The normalized spacial score (nSPS) is 10.6. The van der Waals surface area contributed by atoms with Gasteiger partial charge in [-0.05, 0) is 14.1 Å². The van der Waals surface area contributed by atoms with Crippen LogP contribution in [0, 0.1) is 0 Å². The van der Waals surface area contributed by atoms with E-state index in [0.717, 1.165) is 0 Å². The lowest BCUT2D eigenvalue weighted by atomic mass is 10.6. The van der Waals surface area contributed by atoms with Crippen molar-refractivity contribution in [2.45, 2.75) is 6.67 Å². The Kier molecular flexibility index (Phi) is 2.44. The smallest absolute Gasteiger partial charge is 0.284 e. The van der Waals surface area contributed by atoms with Crippen LogP contribution in [0.25, 0.3) is 0 Å². The van der Waals surface area contributed by atoms with Crippen molar-refractivity contribution in [1.29, 1.82) is 0 Å². The van der Waals surface area contributed by atoms with Crippen LogP contribution in [0.4, 0.5) is 0 Å². The Balaban J connectivity index is 2.84. The maximum absolute atomic E-state index is 10.8. The van der Waals surface area contributed by atoms with Crippen molar-refractivity contribution in [1.82, 2.24) is 14.5 Å². The van der Waals surface area contributed by atoms with Crippen molar-refractivity contribution < 1.29 is 4.79 Å². The molecule has 0 saturated carbocycles. The number of hydrogen-bond donors (Lipinski definition) is 1. The standard InChI is InChI=1S/C7H12N4O/c1-10(2)5-11-4-3-9-7(11)6(8)12/h3-4H,5H2,1-2H3,(H2,8,12). The van der Waals surface area contributed by atoms with Crippen molar-refractivity contribution in [3.8, 4) is 0 Å². The van der Waals surface area contributed by atoms with Gasteiger partial charge >= 0.3 is 0 Å². The van der Waals surface area contributed by atoms with Gasteiger partial charge in [0.25, 0.3) is 5.91 Å². The van der Waals surface area contributed by atoms with Gasteiger partial charge in [0.2, 0.25) is 0 Å². The van der Waals surface area contributed by atoms with Gasteiger partial charge in [-0.15, -0.1) is 0 Å². The lowest BCUT2D eigenvalue weighted by Gasteiger charge is -2.11. The molecule has 1 heterocycles. The van der Waals surface area contributed by atoms with Gasteiger partial charge in [0.1, 0.15) is 0 Å². The quantitative estimate of drug-likeness (QED) is 0.661. The van der Waals surface area contributed by atoms with Gasteiger partial charge in [-0.1, -0.05) is 0 Å². The molecule has 1 amide bonds. The molecular formula is C7H12N4O. The van der Waals surface area contributed by atoms with Gasteiger partial charge in [0.15, 0.2) is 5.82 Å². The molecule has 5 nitrogen and oxygen atoms in total. The van der Waals surface area contributed by atoms with Crippen molar-refractivity contribution in [3.05, 3.63) is 18.2 Å². The number of nitrogens with two attached hydrogens (primary N) is 1. The van der Waals surface area contributed by atoms with Crippen LogP contribution in [0.1, 0.15) is 10.6 Å². The highest BCUT2D eigenvalue weighted by Gasteiger charge is 2.07. The minimum atomic E-state index is -0.498. The molecule has 0 spiro atoms. The third-order valence-corrected chi connectivity index (χ3v) is 1.37. The van der Waals surface area contributed by atoms with Gasteiger partial charge in [0, 0.05) is 12.4 Å². The van der Waals surface area contributed by atoms with Crippen LogP contribution in [0.2, 0.25) is 0 Å². The first-order valence-electron chi connectivity index (χ1n) is 3.57. The van der Waals surface area contributed by atoms with Crippen LogP contribution in [0.5, 0.6) is 0 Å². The average molecular weight is 168 g/mol. The highest BCUT2D eigenvalue weighted by Crippen LogP contribution is 1.96. The minimum Gasteiger partial charge on any atom is -0.363 e. The Morgan fingerprint density at radius 1 is 1.75 bits per heavy atom. The van der Waals surface area contributed by atoms with E-state index in [-0.39, 0.29) is 0 Å². The number of hydrogen-bond acceptors (Lipinski definition) is 3. The van der Waals surface area contributed by atoms with Crippen LogP contribution in [0.15, 0.2) is 12.4 Å². The van der Waals surface area contributed by atoms with E-state index >= 15 is 0 Å². The van der Waals surface area contributed by atoms with Gasteiger partial charge < -0.3 is 10.3 Å². The van der Waals surface area contributed by atoms with Crippen LogP contribution in [-0.4, -0.2) is 34.5 Å². The van der Waals surface area contributed by atoms with Crippen LogP contribution in [0.3, 0.4) is 0 Å². The fraction of sp³-hybridized carbons (Fsp3) is 0.429. The van der Waals surface area contributed by atoms with Crippen LogP contribution < -0.4 is 5.73 Å². The molecule has 0 atom stereocenters. The zero-order valence-electron chi connectivity index (χ0n) is 7.19. The molecule has 1 rings (SSSR count). The van der Waals surface area contributed by atoms with E-state index in [1.54, 1.807) is 17.0 Å². The minimum absolute atomic E-state index is 0.295. The van der Waals surface area contributed by atoms with E-state index in [1.807, 2.05) is 19.0 Å². The number of carbonyl (C=O) groups excluding carboxylic acids is 1. The van der Waals surface area contributed by atoms with E-state index in [2.05, 4.69) is 4.98 Å². The summed E-state index contributed by atoms with van der Waals surface area (Å²) >= 11 is 0. The maximum atomic E-state index is 10.8. The SMILES string of the molecule is CN(C)Cn1ccnc1C(N)=O. The summed E-state index contributed by atoms with van der Waals surface area (Å²) in [7, 11) is 3.82. The first kappa shape index (κ1) is 8.73. The van der Waals surface area contributed by atoms with Crippen molar-refractivity contribution in [2.24, 2.45) is 5.73 Å². The number of nitrogens with zero attached hydrogens (tertiary/aromatic N) is 3. The molecule has 0 radical (unpaired) electrons. The maximum Gasteiger partial charge on any atom is 0.284 e. The molecule has 0 saturated heterocycles. The average Bonchev–Trinajstić information content (AvgIpc) is 2.33. The summed E-state index contributed by atoms with van der Waals surface area (Å²) in [5, 5.41) is 0. The Morgan fingerprint density at radius 2 is 2.42 bits per heavy atom. The second kappa shape index (κ2) is 3.36. The lowest BCUT2D eigenvalue weighted by molar-refractivity contribution is 0.0983. The number of primary amides is 1. The summed E-state index contributed by atoms with van der Waals surface area (Å²) < 4.78 is 1.70. The van der Waals surface area contributed by atoms with Crippen molar-refractivity contribution >= 4 is 5.91 Å². The molecular weight excluding hydrogens is 156 g/mol. The number of rotatable bonds is 3. The second-order valence-electron chi connectivity index (χ2n) is 2.81. The van der Waals surface area contributed by atoms with Crippen molar-refractivity contribution in [2.75, 3.05) is 14.1 Å². The monoisotopic (exact) mass is 168 g/mol. The van der Waals surface area contributed by atoms with Crippen LogP contribution >= 0.6 is 0 Å². The van der Waals surface area contributed by atoms with Gasteiger partial charge in [0.05, 0.1) is 6.67 Å². The summed E-state index contributed by atoms with van der Waals surface area (Å²) in [6.07, 6.45) is 3.28. The van der Waals surface area contributed by atoms with E-state index in [4.69, 9.17) is 5.73 Å². The number of carbonyl (C=O) groups is 1. The van der Waals surface area contributed by atoms with E-state index in [0.29, 0.717) is 12.5 Å². The molecule has 1 aromatic heterocycles. The molecule has 0 aliphatic rings. The van der Waals surface area contributed by atoms with Gasteiger partial charge in [-0.3, -0.25) is 9.69 Å². The summed E-state index contributed by atoms with van der Waals surface area (Å²) in [5.41, 5.74) is 5.09. The molecule has 0 aliphatic heterocycles. The highest BCUT2D eigenvalue weighted by molar-refractivity contribution is 5.89. The number of imidazole rings is 1. The van der Waals surface area contributed by atoms with Crippen LogP contribution in [-0.2, 0) is 6.67 Å². The highest BCUT2D eigenvalue weighted by atomic mass is 16.1. The molecule has 1 aromatic rings. The predicted octanol–water partition coefficient (Wildman–Crippen LogP) is -0.499. The Morgan fingerprint density at radius 3 is 2.92 bits per heavy atom. The second-order valence-corrected chi connectivity index (χ2v) is 2.81. The third-order valence-electron chi connectivity index (χ3n) is 1.37. The van der Waals surface area contributed by atoms with Gasteiger partial charge in [-0.2, -0.15) is 0 Å². The first-order chi connectivity index (χ1) is 5.61. The largest absolute Gasteiger partial charge is 0.363 e. The molecule has 0 aromatic carbocycles. The van der Waals surface area contributed by atoms with Crippen molar-refractivity contribution in [3.63, 3.8) is 0 Å². The van der Waals surface area contributed by atoms with E-state index < -0.39 is 5.91 Å². The summed E-state index contributed by atoms with van der Waals surface area (Å²) in [6, 6.07) is 0. The molecule has 66 valence electrons. The zero-order chi connectivity index (χ0) is 9.14. The molecule has 0 fully saturated rings. The molecule has 2 N–H and O–H groups in total. The number of amides is 1. The Bertz CT molecular complexity index is 279. The Hall–Kier alpha value is -1.36. The van der Waals surface area contributed by atoms with E-state index in [1.165, 1.54) is 0 Å². The topological polar surface area (TPSA) is 64.2 Å². The lowest BCUT2D eigenvalue weighted by Crippen LogP contribution is -2.23. The molecule has 12 heavy (non-hydrogen) atoms. The third kappa shape index (κ3) is 1.82. The summed E-state index contributed by atoms with van der Waals surface area (Å²) in [5.74, 6) is -0.203. The molecule has 5 heteroatoms. The fourth-order valence-electron chi connectivity index (χ4n) is 0.953. The Labute approximate surface area is 70.8 Å².